The molecule has 2 saturated heterocycles. The van der Waals surface area contributed by atoms with Gasteiger partial charge in [-0.2, -0.15) is 23.4 Å². The fraction of sp³-hybridized carbons (Fsp3) is 0.464. The first-order valence-corrected chi connectivity index (χ1v) is 14.1. The summed E-state index contributed by atoms with van der Waals surface area (Å²) >= 11 is 6.12. The lowest BCUT2D eigenvalue weighted by molar-refractivity contribution is -0.198. The molecule has 1 spiro atoms. The lowest BCUT2D eigenvalue weighted by Crippen LogP contribution is -2.43. The van der Waals surface area contributed by atoms with E-state index in [4.69, 9.17) is 21.1 Å². The van der Waals surface area contributed by atoms with Gasteiger partial charge in [0.15, 0.2) is 5.82 Å². The second-order valence-corrected chi connectivity index (χ2v) is 11.2. The van der Waals surface area contributed by atoms with Crippen LogP contribution in [-0.2, 0) is 9.53 Å². The fourth-order valence-corrected chi connectivity index (χ4v) is 5.93. The molecule has 2 fully saturated rings. The lowest BCUT2D eigenvalue weighted by Gasteiger charge is -2.39. The Hall–Kier alpha value is -4.07. The molecule has 230 valence electrons. The highest BCUT2D eigenvalue weighted by atomic mass is 35.5. The number of likely N-dealkylation sites (tertiary alicyclic amines) is 1. The summed E-state index contributed by atoms with van der Waals surface area (Å²) in [4.78, 5) is 27.3. The van der Waals surface area contributed by atoms with Crippen LogP contribution in [0.15, 0.2) is 42.7 Å². The summed E-state index contributed by atoms with van der Waals surface area (Å²) in [6.45, 7) is 4.60. The third-order valence-corrected chi connectivity index (χ3v) is 8.11. The third kappa shape index (κ3) is 6.48. The maximum atomic E-state index is 14.4. The number of piperidine rings is 1. The summed E-state index contributed by atoms with van der Waals surface area (Å²) in [6, 6.07) is 6.21. The molecular formula is C28H30ClF3N6O5. The zero-order valence-corrected chi connectivity index (χ0v) is 24.2. The molecule has 43 heavy (non-hydrogen) atoms. The van der Waals surface area contributed by atoms with Gasteiger partial charge in [0.25, 0.3) is 0 Å². The monoisotopic (exact) mass is 622 g/mol. The van der Waals surface area contributed by atoms with Crippen LogP contribution in [0.3, 0.4) is 0 Å². The van der Waals surface area contributed by atoms with E-state index in [-0.39, 0.29) is 35.2 Å². The molecule has 2 aliphatic heterocycles. The molecule has 15 heteroatoms. The van der Waals surface area contributed by atoms with E-state index in [1.54, 1.807) is 26.1 Å². The molecule has 0 aliphatic carbocycles. The molecule has 2 atom stereocenters. The quantitative estimate of drug-likeness (QED) is 0.354. The Morgan fingerprint density at radius 2 is 1.95 bits per heavy atom. The molecule has 3 aromatic rings. The van der Waals surface area contributed by atoms with Crippen molar-refractivity contribution in [2.24, 2.45) is 5.41 Å². The molecule has 11 nitrogen and oxygen atoms in total. The smallest absolute Gasteiger partial charge is 0.429 e. The maximum absolute atomic E-state index is 14.4. The van der Waals surface area contributed by atoms with Crippen LogP contribution in [0.2, 0.25) is 5.02 Å². The fourth-order valence-electron chi connectivity index (χ4n) is 5.76. The number of benzene rings is 1. The van der Waals surface area contributed by atoms with Gasteiger partial charge in [0.05, 0.1) is 24.2 Å². The van der Waals surface area contributed by atoms with Gasteiger partial charge >= 0.3 is 18.2 Å². The van der Waals surface area contributed by atoms with Crippen molar-refractivity contribution in [3.63, 3.8) is 0 Å². The first-order chi connectivity index (χ1) is 20.4. The van der Waals surface area contributed by atoms with Crippen molar-refractivity contribution in [1.29, 1.82) is 0 Å². The van der Waals surface area contributed by atoms with Gasteiger partial charge < -0.3 is 19.5 Å². The normalized spacial score (nSPS) is 19.0. The number of alkyl halides is 3. The number of anilines is 1. The standard InChI is InChI=1S/C28H30ClF3N6O5/c1-3-42-25(39)22-14-27(16-37(22)26(40)41)7-10-36(11-8-27)23-13-19(15-33-34-23)43-24(28(30,31)32)20-5-4-18(29)12-21(20)38-9-6-17(2)35-38/h4-6,9,12-13,15,22,24H,3,7-8,10-11,14,16H2,1-2H3,(H,40,41)/t22?,24-/m1/s1. The Kier molecular flexibility index (Phi) is 8.41. The van der Waals surface area contributed by atoms with Crippen LogP contribution in [0.5, 0.6) is 5.75 Å². The summed E-state index contributed by atoms with van der Waals surface area (Å²) < 4.78 is 55.2. The van der Waals surface area contributed by atoms with E-state index in [0.717, 1.165) is 11.1 Å². The van der Waals surface area contributed by atoms with Crippen molar-refractivity contribution in [2.45, 2.75) is 51.4 Å². The van der Waals surface area contributed by atoms with Crippen LogP contribution in [0.25, 0.3) is 5.69 Å². The summed E-state index contributed by atoms with van der Waals surface area (Å²) in [5.74, 6) is -0.376. The number of hydrogen-bond donors (Lipinski definition) is 1. The molecule has 1 amide bonds. The van der Waals surface area contributed by atoms with Gasteiger partial charge in [-0.3, -0.25) is 4.90 Å². The second-order valence-electron chi connectivity index (χ2n) is 10.8. The Morgan fingerprint density at radius 1 is 1.21 bits per heavy atom. The van der Waals surface area contributed by atoms with Gasteiger partial charge in [0, 0.05) is 42.5 Å². The van der Waals surface area contributed by atoms with Crippen LogP contribution in [0, 0.1) is 12.3 Å². The van der Waals surface area contributed by atoms with Crippen LogP contribution in [-0.4, -0.2) is 80.5 Å². The topological polar surface area (TPSA) is 123 Å². The van der Waals surface area contributed by atoms with Crippen molar-refractivity contribution in [2.75, 3.05) is 31.1 Å². The average Bonchev–Trinajstić information content (AvgIpc) is 3.56. The Morgan fingerprint density at radius 3 is 2.58 bits per heavy atom. The molecule has 0 radical (unpaired) electrons. The number of hydrogen-bond acceptors (Lipinski definition) is 8. The molecule has 2 aromatic heterocycles. The minimum atomic E-state index is -4.79. The van der Waals surface area contributed by atoms with E-state index in [2.05, 4.69) is 15.3 Å². The van der Waals surface area contributed by atoms with Crippen molar-refractivity contribution in [3.8, 4) is 11.4 Å². The second kappa shape index (κ2) is 11.9. The zero-order chi connectivity index (χ0) is 30.9. The molecule has 2 aliphatic rings. The Labute approximate surface area is 250 Å². The number of halogens is 4. The summed E-state index contributed by atoms with van der Waals surface area (Å²) in [7, 11) is 0. The maximum Gasteiger partial charge on any atom is 0.429 e. The number of esters is 1. The minimum Gasteiger partial charge on any atom is -0.474 e. The summed E-state index contributed by atoms with van der Waals surface area (Å²) in [6.07, 6.45) is -4.24. The number of aryl methyl sites for hydroxylation is 1. The number of amides is 1. The molecular weight excluding hydrogens is 593 g/mol. The van der Waals surface area contributed by atoms with Gasteiger partial charge in [0.1, 0.15) is 11.8 Å². The molecule has 0 bridgehead atoms. The number of carboxylic acid groups (broad SMARTS) is 1. The van der Waals surface area contributed by atoms with Gasteiger partial charge in [0.2, 0.25) is 6.10 Å². The predicted molar refractivity (Wildman–Crippen MR) is 148 cm³/mol. The number of nitrogens with zero attached hydrogens (tertiary/aromatic N) is 6. The summed E-state index contributed by atoms with van der Waals surface area (Å²) in [5, 5.41) is 22.2. The van der Waals surface area contributed by atoms with Crippen molar-refractivity contribution in [1.82, 2.24) is 24.9 Å². The highest BCUT2D eigenvalue weighted by Gasteiger charge is 2.51. The van der Waals surface area contributed by atoms with Gasteiger partial charge in [-0.05, 0) is 56.7 Å². The van der Waals surface area contributed by atoms with Gasteiger partial charge in [-0.15, -0.1) is 5.10 Å². The number of ether oxygens (including phenoxy) is 2. The van der Waals surface area contributed by atoms with E-state index in [0.29, 0.717) is 43.9 Å². The van der Waals surface area contributed by atoms with Gasteiger partial charge in [-0.25, -0.2) is 14.3 Å². The SMILES string of the molecule is CCOC(=O)C1CC2(CCN(c3cc(O[C@H](c4ccc(Cl)cc4-n4ccc(C)n4)C(F)(F)F)cnn3)CC2)CN1C(=O)O. The highest BCUT2D eigenvalue weighted by Crippen LogP contribution is 2.45. The number of aromatic nitrogens is 4. The predicted octanol–water partition coefficient (Wildman–Crippen LogP) is 5.21. The Balaban J connectivity index is 1.34. The molecule has 1 N–H and O–H groups in total. The van der Waals surface area contributed by atoms with E-state index >= 15 is 0 Å². The molecule has 1 aromatic carbocycles. The first kappa shape index (κ1) is 30.4. The van der Waals surface area contributed by atoms with Crippen molar-refractivity contribution >= 4 is 29.5 Å². The van der Waals surface area contributed by atoms with Crippen molar-refractivity contribution in [3.05, 3.63) is 59.0 Å². The van der Waals surface area contributed by atoms with Crippen LogP contribution < -0.4 is 9.64 Å². The number of carbonyl (C=O) groups is 2. The van der Waals surface area contributed by atoms with E-state index in [1.165, 1.54) is 28.9 Å². The minimum absolute atomic E-state index is 0.125. The largest absolute Gasteiger partial charge is 0.474 e. The van der Waals surface area contributed by atoms with Crippen LogP contribution in [0.1, 0.15) is 43.5 Å². The Bertz CT molecular complexity index is 1490. The third-order valence-electron chi connectivity index (χ3n) is 7.87. The van der Waals surface area contributed by atoms with Crippen LogP contribution in [0.4, 0.5) is 23.8 Å². The first-order valence-electron chi connectivity index (χ1n) is 13.7. The number of rotatable bonds is 7. The number of carbonyl (C=O) groups excluding carboxylic acids is 1. The molecule has 1 unspecified atom stereocenters. The van der Waals surface area contributed by atoms with Gasteiger partial charge in [-0.1, -0.05) is 17.7 Å². The highest BCUT2D eigenvalue weighted by molar-refractivity contribution is 6.30. The summed E-state index contributed by atoms with van der Waals surface area (Å²) in [5.41, 5.74) is 0.134. The molecule has 4 heterocycles. The molecule has 0 saturated carbocycles. The van der Waals surface area contributed by atoms with E-state index in [9.17, 15) is 27.9 Å². The lowest BCUT2D eigenvalue weighted by atomic mass is 9.76. The van der Waals surface area contributed by atoms with E-state index in [1.807, 2.05) is 4.90 Å². The van der Waals surface area contributed by atoms with Crippen LogP contribution >= 0.6 is 11.6 Å². The molecule has 5 rings (SSSR count). The zero-order valence-electron chi connectivity index (χ0n) is 23.4. The van der Waals surface area contributed by atoms with Crippen molar-refractivity contribution < 1.29 is 37.3 Å². The van der Waals surface area contributed by atoms with E-state index < -0.39 is 35.8 Å². The average molecular weight is 623 g/mol.